The lowest BCUT2D eigenvalue weighted by Crippen LogP contribution is -2.63. The summed E-state index contributed by atoms with van der Waals surface area (Å²) < 4.78 is 47.1. The molecule has 5 aliphatic rings. The molecular weight excluding hydrogens is 544 g/mol. The van der Waals surface area contributed by atoms with Gasteiger partial charge in [0.1, 0.15) is 5.54 Å². The first-order chi connectivity index (χ1) is 19.5. The molecule has 2 aromatic carbocycles. The normalized spacial score (nSPS) is 34.9. The minimum Gasteiger partial charge on any atom is -0.465 e. The molecule has 7 atom stereocenters. The number of nitrogens with one attached hydrogen (secondary N) is 1. The molecule has 7 rings (SSSR count). The van der Waals surface area contributed by atoms with Crippen LogP contribution in [-0.4, -0.2) is 61.4 Å². The Bertz CT molecular complexity index is 1510. The summed E-state index contributed by atoms with van der Waals surface area (Å²) >= 11 is 0. The van der Waals surface area contributed by atoms with E-state index in [1.165, 1.54) is 0 Å². The Kier molecular flexibility index (Phi) is 6.08. The van der Waals surface area contributed by atoms with Crippen molar-refractivity contribution in [3.8, 4) is 11.5 Å². The van der Waals surface area contributed by atoms with Crippen molar-refractivity contribution in [1.82, 2.24) is 9.62 Å². The van der Waals surface area contributed by atoms with Crippen LogP contribution in [-0.2, 0) is 25.0 Å². The zero-order valence-corrected chi connectivity index (χ0v) is 24.7. The van der Waals surface area contributed by atoms with E-state index in [-0.39, 0.29) is 48.6 Å². The van der Waals surface area contributed by atoms with Crippen molar-refractivity contribution in [2.24, 2.45) is 17.8 Å². The van der Waals surface area contributed by atoms with Crippen LogP contribution < -0.4 is 14.8 Å². The van der Waals surface area contributed by atoms with Crippen molar-refractivity contribution in [3.05, 3.63) is 53.1 Å². The monoisotopic (exact) mass is 582 g/mol. The molecule has 3 heterocycles. The minimum absolute atomic E-state index is 0.131. The van der Waals surface area contributed by atoms with E-state index in [4.69, 9.17) is 14.2 Å². The average molecular weight is 583 g/mol. The molecule has 41 heavy (non-hydrogen) atoms. The fraction of sp³-hybridized carbons (Fsp3) is 0.581. The third-order valence-corrected chi connectivity index (χ3v) is 12.2. The number of carbonyl (C=O) groups excluding carboxylic acids is 1. The highest BCUT2D eigenvalue weighted by atomic mass is 32.2. The molecule has 3 aliphatic heterocycles. The van der Waals surface area contributed by atoms with Gasteiger partial charge in [-0.2, -0.15) is 4.31 Å². The largest absolute Gasteiger partial charge is 0.465 e. The molecule has 0 amide bonds. The maximum absolute atomic E-state index is 14.1. The highest BCUT2D eigenvalue weighted by molar-refractivity contribution is 7.89. The number of aryl methyl sites for hydroxylation is 1. The second kappa shape index (κ2) is 9.17. The van der Waals surface area contributed by atoms with Crippen molar-refractivity contribution in [2.45, 2.75) is 81.0 Å². The summed E-state index contributed by atoms with van der Waals surface area (Å²) in [7, 11) is -3.84. The second-order valence-electron chi connectivity index (χ2n) is 12.8. The topological polar surface area (TPSA) is 114 Å². The molecule has 1 saturated carbocycles. The van der Waals surface area contributed by atoms with E-state index < -0.39 is 39.0 Å². The Labute approximate surface area is 241 Å². The lowest BCUT2D eigenvalue weighted by atomic mass is 9.55. The molecule has 1 spiro atoms. The van der Waals surface area contributed by atoms with Gasteiger partial charge in [-0.3, -0.25) is 10.1 Å². The number of aliphatic hydroxyl groups is 1. The second-order valence-corrected chi connectivity index (χ2v) is 14.7. The van der Waals surface area contributed by atoms with Crippen LogP contribution in [0.25, 0.3) is 0 Å². The first kappa shape index (κ1) is 27.2. The molecule has 2 aromatic rings. The molecule has 2 saturated heterocycles. The molecule has 2 aliphatic carbocycles. The predicted octanol–water partition coefficient (Wildman–Crippen LogP) is 3.43. The summed E-state index contributed by atoms with van der Waals surface area (Å²) in [6.07, 6.45) is 0.420. The van der Waals surface area contributed by atoms with Crippen molar-refractivity contribution in [3.63, 3.8) is 0 Å². The van der Waals surface area contributed by atoms with Gasteiger partial charge in [-0.15, -0.1) is 0 Å². The molecule has 10 heteroatoms. The number of esters is 1. The van der Waals surface area contributed by atoms with Gasteiger partial charge in [-0.1, -0.05) is 31.5 Å². The third kappa shape index (κ3) is 3.57. The number of hydrogen-bond acceptors (Lipinski definition) is 8. The Hall–Kier alpha value is -2.66. The van der Waals surface area contributed by atoms with Crippen LogP contribution in [0.2, 0.25) is 0 Å². The minimum atomic E-state index is -3.84. The van der Waals surface area contributed by atoms with Crippen LogP contribution in [0.15, 0.2) is 41.3 Å². The molecular formula is C31H38N2O7S. The number of aliphatic hydroxyl groups excluding tert-OH is 1. The van der Waals surface area contributed by atoms with Crippen LogP contribution in [0.1, 0.15) is 62.8 Å². The lowest BCUT2D eigenvalue weighted by molar-refractivity contribution is -0.158. The summed E-state index contributed by atoms with van der Waals surface area (Å²) in [5.41, 5.74) is 1.32. The Morgan fingerprint density at radius 3 is 2.56 bits per heavy atom. The fourth-order valence-corrected chi connectivity index (χ4v) is 10.7. The van der Waals surface area contributed by atoms with Crippen molar-refractivity contribution in [1.29, 1.82) is 0 Å². The number of sulfonamides is 1. The molecule has 0 bridgehead atoms. The van der Waals surface area contributed by atoms with E-state index in [0.717, 1.165) is 16.7 Å². The van der Waals surface area contributed by atoms with E-state index in [9.17, 15) is 18.3 Å². The molecule has 2 N–H and O–H groups in total. The number of benzene rings is 2. The Balaban J connectivity index is 1.42. The smallest absolute Gasteiger partial charge is 0.326 e. The van der Waals surface area contributed by atoms with E-state index in [2.05, 4.69) is 19.2 Å². The zero-order chi connectivity index (χ0) is 28.9. The molecule has 9 nitrogen and oxygen atoms in total. The van der Waals surface area contributed by atoms with Crippen LogP contribution >= 0.6 is 0 Å². The molecule has 0 unspecified atom stereocenters. The molecule has 0 aromatic heterocycles. The van der Waals surface area contributed by atoms with Crippen LogP contribution in [0.4, 0.5) is 0 Å². The van der Waals surface area contributed by atoms with Crippen molar-refractivity contribution in [2.75, 3.05) is 19.9 Å². The highest BCUT2D eigenvalue weighted by Crippen LogP contribution is 2.69. The van der Waals surface area contributed by atoms with Crippen LogP contribution in [0.5, 0.6) is 11.5 Å². The van der Waals surface area contributed by atoms with Crippen LogP contribution in [0.3, 0.4) is 0 Å². The number of ether oxygens (including phenoxy) is 3. The SMILES string of the molecule is CCOC(=O)[C@]1(CC(C)C)N[C@@H]2c3cc4c(cc3[C@]35CCN(S(=O)(=O)c6ccc(C)cc6)[C@H]3C[C@@H](O)[C@H]1[C@H]25)OCO4. The third-order valence-electron chi connectivity index (χ3n) is 10.3. The first-order valence-electron chi connectivity index (χ1n) is 14.7. The van der Waals surface area contributed by atoms with E-state index in [0.29, 0.717) is 30.9 Å². The van der Waals surface area contributed by atoms with Gasteiger partial charge in [-0.25, -0.2) is 8.42 Å². The van der Waals surface area contributed by atoms with E-state index in [1.807, 2.05) is 31.2 Å². The lowest BCUT2D eigenvalue weighted by Gasteiger charge is -2.51. The maximum Gasteiger partial charge on any atom is 0.326 e. The maximum atomic E-state index is 14.1. The summed E-state index contributed by atoms with van der Waals surface area (Å²) in [6, 6.07) is 10.2. The van der Waals surface area contributed by atoms with Gasteiger partial charge in [-0.05, 0) is 80.3 Å². The van der Waals surface area contributed by atoms with Gasteiger partial charge in [0.05, 0.1) is 17.6 Å². The quantitative estimate of drug-likeness (QED) is 0.498. The molecule has 0 radical (unpaired) electrons. The number of carbonyl (C=O) groups is 1. The van der Waals surface area contributed by atoms with E-state index in [1.54, 1.807) is 23.4 Å². The average Bonchev–Trinajstić information content (AvgIpc) is 3.67. The summed E-state index contributed by atoms with van der Waals surface area (Å²) in [5, 5.41) is 15.7. The Morgan fingerprint density at radius 2 is 1.88 bits per heavy atom. The van der Waals surface area contributed by atoms with Crippen molar-refractivity contribution < 1.29 is 32.5 Å². The van der Waals surface area contributed by atoms with Gasteiger partial charge < -0.3 is 19.3 Å². The van der Waals surface area contributed by atoms with Crippen LogP contribution in [0, 0.1) is 24.7 Å². The summed E-state index contributed by atoms with van der Waals surface area (Å²) in [6.45, 7) is 8.57. The first-order valence-corrected chi connectivity index (χ1v) is 16.1. The number of nitrogens with zero attached hydrogens (tertiary/aromatic N) is 1. The predicted molar refractivity (Wildman–Crippen MR) is 150 cm³/mol. The van der Waals surface area contributed by atoms with Crippen molar-refractivity contribution >= 4 is 16.0 Å². The number of fused-ring (bicyclic) bond motifs is 3. The molecule has 220 valence electrons. The summed E-state index contributed by atoms with van der Waals surface area (Å²) in [5.74, 6) is 0.452. The van der Waals surface area contributed by atoms with Gasteiger partial charge in [0.15, 0.2) is 11.5 Å². The van der Waals surface area contributed by atoms with Gasteiger partial charge >= 0.3 is 5.97 Å². The fourth-order valence-electron chi connectivity index (χ4n) is 9.02. The van der Waals surface area contributed by atoms with E-state index >= 15 is 0 Å². The summed E-state index contributed by atoms with van der Waals surface area (Å²) in [4.78, 5) is 14.1. The zero-order valence-electron chi connectivity index (χ0n) is 23.9. The molecule has 3 fully saturated rings. The van der Waals surface area contributed by atoms with Gasteiger partial charge in [0, 0.05) is 30.0 Å². The number of rotatable bonds is 6. The van der Waals surface area contributed by atoms with Gasteiger partial charge in [0.2, 0.25) is 16.8 Å². The van der Waals surface area contributed by atoms with Gasteiger partial charge in [0.25, 0.3) is 0 Å². The standard InChI is InChI=1S/C31H38N2O7S/c1-5-38-29(35)31(15-17(2)3)26-22(34)14-25-30(10-11-33(25)41(36,37)19-8-6-18(4)7-9-19)21-13-24-23(39-16-40-24)12-20(21)28(32-31)27(26)30/h6-9,12-13,17,22,25-28,32,34H,5,10-11,14-16H2,1-4H3/t22-,25+,26+,27-,28-,30-,31-/m1/s1. The Morgan fingerprint density at radius 1 is 1.17 bits per heavy atom. The highest BCUT2D eigenvalue weighted by Gasteiger charge is 2.75. The number of hydrogen-bond donors (Lipinski definition) is 2.